The number of ether oxygens (including phenoxy) is 1. The third-order valence-corrected chi connectivity index (χ3v) is 2.43. The Kier molecular flexibility index (Phi) is 7.79. The molecular formula is C13H24N2O4. The first kappa shape index (κ1) is 17.4. The van der Waals surface area contributed by atoms with Crippen molar-refractivity contribution < 1.29 is 19.1 Å². The van der Waals surface area contributed by atoms with E-state index in [0.717, 1.165) is 0 Å². The predicted octanol–water partition coefficient (Wildman–Crippen LogP) is 0.608. The van der Waals surface area contributed by atoms with Crippen molar-refractivity contribution in [3.8, 4) is 0 Å². The molecule has 19 heavy (non-hydrogen) atoms. The molecule has 110 valence electrons. The average Bonchev–Trinajstić information content (AvgIpc) is 2.32. The maximum atomic E-state index is 11.5. The molecule has 0 saturated heterocycles. The van der Waals surface area contributed by atoms with E-state index < -0.39 is 5.41 Å². The zero-order chi connectivity index (χ0) is 14.9. The van der Waals surface area contributed by atoms with Gasteiger partial charge in [0.2, 0.25) is 11.8 Å². The van der Waals surface area contributed by atoms with Gasteiger partial charge in [-0.1, -0.05) is 20.8 Å². The highest BCUT2D eigenvalue weighted by molar-refractivity contribution is 5.82. The van der Waals surface area contributed by atoms with Crippen LogP contribution in [0.4, 0.5) is 0 Å². The highest BCUT2D eigenvalue weighted by Gasteiger charge is 2.20. The molecule has 0 saturated carbocycles. The number of esters is 1. The van der Waals surface area contributed by atoms with E-state index in [1.807, 2.05) is 20.8 Å². The zero-order valence-corrected chi connectivity index (χ0v) is 12.2. The first-order chi connectivity index (χ1) is 8.77. The first-order valence-electron chi connectivity index (χ1n) is 6.39. The van der Waals surface area contributed by atoms with Crippen LogP contribution in [0, 0.1) is 5.41 Å². The van der Waals surface area contributed by atoms with Crippen molar-refractivity contribution in [1.82, 2.24) is 10.6 Å². The van der Waals surface area contributed by atoms with E-state index in [0.29, 0.717) is 19.5 Å². The lowest BCUT2D eigenvalue weighted by Crippen LogP contribution is -2.37. The monoisotopic (exact) mass is 272 g/mol. The Balaban J connectivity index is 3.61. The normalized spacial score (nSPS) is 10.7. The molecule has 0 atom stereocenters. The van der Waals surface area contributed by atoms with Crippen molar-refractivity contribution in [1.29, 1.82) is 0 Å². The van der Waals surface area contributed by atoms with Gasteiger partial charge in [-0.25, -0.2) is 0 Å². The second-order valence-electron chi connectivity index (χ2n) is 5.29. The number of carbonyl (C=O) groups excluding carboxylic acids is 3. The Bertz CT molecular complexity index is 321. The number of hydrogen-bond acceptors (Lipinski definition) is 4. The SMILES string of the molecule is COC(=O)CCCNC(=O)CCNC(=O)C(C)(C)C. The standard InChI is InChI=1S/C13H24N2O4/c1-13(2,3)12(18)15-9-7-10(16)14-8-5-6-11(17)19-4/h5-9H2,1-4H3,(H,14,16)(H,15,18). The van der Waals surface area contributed by atoms with Crippen molar-refractivity contribution in [2.75, 3.05) is 20.2 Å². The van der Waals surface area contributed by atoms with Crippen molar-refractivity contribution in [3.63, 3.8) is 0 Å². The molecule has 0 aromatic carbocycles. The van der Waals surface area contributed by atoms with Crippen LogP contribution in [0.25, 0.3) is 0 Å². The van der Waals surface area contributed by atoms with E-state index in [2.05, 4.69) is 15.4 Å². The largest absolute Gasteiger partial charge is 0.469 e. The Labute approximate surface area is 114 Å². The van der Waals surface area contributed by atoms with Crippen molar-refractivity contribution in [3.05, 3.63) is 0 Å². The smallest absolute Gasteiger partial charge is 0.305 e. The fourth-order valence-electron chi connectivity index (χ4n) is 1.21. The summed E-state index contributed by atoms with van der Waals surface area (Å²) in [6.07, 6.45) is 1.07. The number of methoxy groups -OCH3 is 1. The van der Waals surface area contributed by atoms with Crippen LogP contribution >= 0.6 is 0 Å². The van der Waals surface area contributed by atoms with Gasteiger partial charge in [-0.05, 0) is 6.42 Å². The molecule has 0 aliphatic rings. The Hall–Kier alpha value is -1.59. The number of hydrogen-bond donors (Lipinski definition) is 2. The third kappa shape index (κ3) is 9.04. The van der Waals surface area contributed by atoms with Crippen LogP contribution in [0.3, 0.4) is 0 Å². The van der Waals surface area contributed by atoms with Gasteiger partial charge in [0.05, 0.1) is 7.11 Å². The second-order valence-corrected chi connectivity index (χ2v) is 5.29. The van der Waals surface area contributed by atoms with Crippen molar-refractivity contribution in [2.45, 2.75) is 40.0 Å². The van der Waals surface area contributed by atoms with E-state index >= 15 is 0 Å². The van der Waals surface area contributed by atoms with Gasteiger partial charge in [0.1, 0.15) is 0 Å². The van der Waals surface area contributed by atoms with Crippen LogP contribution in [0.1, 0.15) is 40.0 Å². The average molecular weight is 272 g/mol. The van der Waals surface area contributed by atoms with E-state index in [-0.39, 0.29) is 30.6 Å². The number of amides is 2. The summed E-state index contributed by atoms with van der Waals surface area (Å²) < 4.78 is 4.48. The zero-order valence-electron chi connectivity index (χ0n) is 12.2. The van der Waals surface area contributed by atoms with Crippen LogP contribution < -0.4 is 10.6 Å². The van der Waals surface area contributed by atoms with Gasteiger partial charge in [-0.15, -0.1) is 0 Å². The molecule has 0 aliphatic carbocycles. The van der Waals surface area contributed by atoms with Crippen LogP contribution in [0.15, 0.2) is 0 Å². The van der Waals surface area contributed by atoms with Gasteiger partial charge in [-0.3, -0.25) is 14.4 Å². The highest BCUT2D eigenvalue weighted by Crippen LogP contribution is 2.11. The summed E-state index contributed by atoms with van der Waals surface area (Å²) in [5.41, 5.74) is -0.447. The molecular weight excluding hydrogens is 248 g/mol. The summed E-state index contributed by atoms with van der Waals surface area (Å²) in [6.45, 7) is 6.19. The topological polar surface area (TPSA) is 84.5 Å². The lowest BCUT2D eigenvalue weighted by Gasteiger charge is -2.17. The van der Waals surface area contributed by atoms with E-state index in [1.54, 1.807) is 0 Å². The summed E-state index contributed by atoms with van der Waals surface area (Å²) in [7, 11) is 1.33. The minimum atomic E-state index is -0.447. The maximum Gasteiger partial charge on any atom is 0.305 e. The second kappa shape index (κ2) is 8.50. The van der Waals surface area contributed by atoms with Crippen molar-refractivity contribution in [2.24, 2.45) is 5.41 Å². The molecule has 6 heteroatoms. The summed E-state index contributed by atoms with van der Waals surface area (Å²) in [6, 6.07) is 0. The molecule has 2 N–H and O–H groups in total. The Morgan fingerprint density at radius 2 is 1.63 bits per heavy atom. The van der Waals surface area contributed by atoms with Crippen LogP contribution in [-0.2, 0) is 19.1 Å². The Morgan fingerprint density at radius 1 is 1.00 bits per heavy atom. The number of carbonyl (C=O) groups is 3. The molecule has 0 aromatic heterocycles. The molecule has 0 bridgehead atoms. The molecule has 0 heterocycles. The van der Waals surface area contributed by atoms with Gasteiger partial charge in [0.25, 0.3) is 0 Å². The van der Waals surface area contributed by atoms with Crippen LogP contribution in [0.5, 0.6) is 0 Å². The summed E-state index contributed by atoms with van der Waals surface area (Å²) in [4.78, 5) is 33.7. The Morgan fingerprint density at radius 3 is 2.16 bits per heavy atom. The summed E-state index contributed by atoms with van der Waals surface area (Å²) in [5.74, 6) is -0.503. The van der Waals surface area contributed by atoms with Crippen LogP contribution in [0.2, 0.25) is 0 Å². The predicted molar refractivity (Wildman–Crippen MR) is 71.3 cm³/mol. The minimum Gasteiger partial charge on any atom is -0.469 e. The van der Waals surface area contributed by atoms with Gasteiger partial charge in [0.15, 0.2) is 0 Å². The first-order valence-corrected chi connectivity index (χ1v) is 6.39. The van der Waals surface area contributed by atoms with Gasteiger partial charge in [0, 0.05) is 31.3 Å². The lowest BCUT2D eigenvalue weighted by atomic mass is 9.96. The van der Waals surface area contributed by atoms with E-state index in [1.165, 1.54) is 7.11 Å². The number of nitrogens with one attached hydrogen (secondary N) is 2. The van der Waals surface area contributed by atoms with Gasteiger partial charge >= 0.3 is 5.97 Å². The van der Waals surface area contributed by atoms with Crippen LogP contribution in [-0.4, -0.2) is 38.0 Å². The molecule has 0 unspecified atom stereocenters. The molecule has 0 radical (unpaired) electrons. The molecule has 0 aromatic rings. The van der Waals surface area contributed by atoms with Gasteiger partial charge in [-0.2, -0.15) is 0 Å². The lowest BCUT2D eigenvalue weighted by molar-refractivity contribution is -0.140. The quantitative estimate of drug-likeness (QED) is 0.525. The summed E-state index contributed by atoms with van der Waals surface area (Å²) in [5, 5.41) is 5.37. The number of rotatable bonds is 7. The highest BCUT2D eigenvalue weighted by atomic mass is 16.5. The minimum absolute atomic E-state index is 0.0778. The molecule has 0 aliphatic heterocycles. The molecule has 6 nitrogen and oxygen atoms in total. The van der Waals surface area contributed by atoms with E-state index in [4.69, 9.17) is 0 Å². The molecule has 0 spiro atoms. The maximum absolute atomic E-state index is 11.5. The fourth-order valence-corrected chi connectivity index (χ4v) is 1.21. The molecule has 2 amide bonds. The summed E-state index contributed by atoms with van der Waals surface area (Å²) >= 11 is 0. The van der Waals surface area contributed by atoms with Crippen molar-refractivity contribution >= 4 is 17.8 Å². The van der Waals surface area contributed by atoms with E-state index in [9.17, 15) is 14.4 Å². The third-order valence-electron chi connectivity index (χ3n) is 2.43. The molecule has 0 rings (SSSR count). The molecule has 0 fully saturated rings. The fraction of sp³-hybridized carbons (Fsp3) is 0.769. The van der Waals surface area contributed by atoms with Gasteiger partial charge < -0.3 is 15.4 Å².